The quantitative estimate of drug-likeness (QED) is 0.177. The van der Waals surface area contributed by atoms with Crippen molar-refractivity contribution in [2.24, 2.45) is 0 Å². The summed E-state index contributed by atoms with van der Waals surface area (Å²) in [6.45, 7) is -0.688. The van der Waals surface area contributed by atoms with Crippen molar-refractivity contribution < 1.29 is 25.2 Å². The number of aliphatic hydroxyl groups is 4. The van der Waals surface area contributed by atoms with Gasteiger partial charge in [-0.1, -0.05) is 0 Å². The SMILES string of the molecule is O=C[C@H](O)[C@H](O)[C@H](O)CO.[N-]=[N+]=[N-]. The minimum absolute atomic E-state index is 0.0869. The van der Waals surface area contributed by atoms with Crippen molar-refractivity contribution >= 4 is 6.29 Å². The molecule has 0 rings (SSSR count). The van der Waals surface area contributed by atoms with Gasteiger partial charge in [-0.3, -0.25) is 4.91 Å². The van der Waals surface area contributed by atoms with Gasteiger partial charge >= 0.3 is 0 Å². The van der Waals surface area contributed by atoms with Crippen LogP contribution in [0.15, 0.2) is 0 Å². The molecule has 0 aromatic heterocycles. The Labute approximate surface area is 73.5 Å². The molecule has 0 heterocycles. The monoisotopic (exact) mass is 192 g/mol. The number of aliphatic hydroxyl groups excluding tert-OH is 4. The first kappa shape index (κ1) is 14.3. The minimum Gasteiger partial charge on any atom is -0.394 e. The van der Waals surface area contributed by atoms with Crippen LogP contribution in [0.3, 0.4) is 0 Å². The van der Waals surface area contributed by atoms with Gasteiger partial charge in [-0.05, 0) is 0 Å². The maximum atomic E-state index is 9.76. The van der Waals surface area contributed by atoms with E-state index < -0.39 is 24.9 Å². The van der Waals surface area contributed by atoms with Crippen LogP contribution >= 0.6 is 0 Å². The smallest absolute Gasteiger partial charge is 0.151 e. The molecular formula is C5H10N3O5-. The van der Waals surface area contributed by atoms with Gasteiger partial charge in [0.15, 0.2) is 6.29 Å². The second-order valence-corrected chi connectivity index (χ2v) is 1.96. The second-order valence-electron chi connectivity index (χ2n) is 1.96. The Hall–Kier alpha value is -1.18. The van der Waals surface area contributed by atoms with Crippen molar-refractivity contribution in [3.63, 3.8) is 0 Å². The highest BCUT2D eigenvalue weighted by molar-refractivity contribution is 5.56. The van der Waals surface area contributed by atoms with Gasteiger partial charge in [0.05, 0.1) is 6.61 Å². The molecule has 0 aliphatic heterocycles. The lowest BCUT2D eigenvalue weighted by Crippen LogP contribution is -2.40. The van der Waals surface area contributed by atoms with Gasteiger partial charge in [0.1, 0.15) is 18.3 Å². The number of rotatable bonds is 4. The van der Waals surface area contributed by atoms with E-state index in [9.17, 15) is 4.79 Å². The Morgan fingerprint density at radius 3 is 1.92 bits per heavy atom. The van der Waals surface area contributed by atoms with Gasteiger partial charge in [0.2, 0.25) is 0 Å². The zero-order valence-electron chi connectivity index (χ0n) is 6.56. The molecule has 8 heteroatoms. The molecule has 0 aromatic rings. The molecule has 0 amide bonds. The summed E-state index contributed by atoms with van der Waals surface area (Å²) in [5.41, 5.74) is 13.5. The molecule has 0 aromatic carbocycles. The Bertz CT molecular complexity index is 170. The molecule has 0 radical (unpaired) electrons. The van der Waals surface area contributed by atoms with Crippen molar-refractivity contribution in [2.45, 2.75) is 18.3 Å². The molecule has 0 aliphatic rings. The highest BCUT2D eigenvalue weighted by Crippen LogP contribution is 1.96. The predicted octanol–water partition coefficient (Wildman–Crippen LogP) is -1.87. The van der Waals surface area contributed by atoms with Crippen LogP contribution in [0.2, 0.25) is 0 Å². The third-order valence-corrected chi connectivity index (χ3v) is 1.07. The fourth-order valence-electron chi connectivity index (χ4n) is 0.416. The molecule has 3 atom stereocenters. The number of aldehydes is 1. The minimum atomic E-state index is -1.64. The van der Waals surface area contributed by atoms with E-state index in [1.807, 2.05) is 0 Å². The standard InChI is InChI=1S/C5H10O5.N3/c6-1-3(8)5(10)4(9)2-7;1-3-2/h1,3-5,7-10H,2H2;/q;-1/t3-,4+,5-;/m0./s1. The van der Waals surface area contributed by atoms with E-state index in [0.29, 0.717) is 0 Å². The summed E-state index contributed by atoms with van der Waals surface area (Å²) in [6.07, 6.45) is -4.63. The number of nitrogens with zero attached hydrogens (tertiary/aromatic N) is 3. The molecule has 76 valence electrons. The van der Waals surface area contributed by atoms with Crippen molar-refractivity contribution in [3.8, 4) is 0 Å². The van der Waals surface area contributed by atoms with E-state index in [1.54, 1.807) is 0 Å². The average molecular weight is 192 g/mol. The summed E-state index contributed by atoms with van der Waals surface area (Å²) >= 11 is 0. The summed E-state index contributed by atoms with van der Waals surface area (Å²) in [5.74, 6) is 0. The highest BCUT2D eigenvalue weighted by atomic mass is 16.4. The van der Waals surface area contributed by atoms with Crippen LogP contribution in [0.1, 0.15) is 0 Å². The molecule has 0 fully saturated rings. The number of hydrogen-bond acceptors (Lipinski definition) is 5. The van der Waals surface area contributed by atoms with Crippen molar-refractivity contribution in [1.29, 1.82) is 0 Å². The van der Waals surface area contributed by atoms with Gasteiger partial charge in [0.25, 0.3) is 0 Å². The highest BCUT2D eigenvalue weighted by Gasteiger charge is 2.22. The zero-order valence-corrected chi connectivity index (χ0v) is 6.56. The van der Waals surface area contributed by atoms with E-state index in [0.717, 1.165) is 0 Å². The molecule has 0 saturated heterocycles. The van der Waals surface area contributed by atoms with Gasteiger partial charge in [-0.15, -0.1) is 0 Å². The molecule has 13 heavy (non-hydrogen) atoms. The van der Waals surface area contributed by atoms with Crippen LogP contribution in [0.4, 0.5) is 0 Å². The van der Waals surface area contributed by atoms with Crippen LogP contribution < -0.4 is 0 Å². The maximum Gasteiger partial charge on any atom is 0.151 e. The fourth-order valence-corrected chi connectivity index (χ4v) is 0.416. The Kier molecular flexibility index (Phi) is 9.84. The van der Waals surface area contributed by atoms with E-state index in [4.69, 9.17) is 31.5 Å². The Balaban J connectivity index is 0. The summed E-state index contributed by atoms with van der Waals surface area (Å²) in [4.78, 5) is 11.3. The zero-order chi connectivity index (χ0) is 10.9. The maximum absolute atomic E-state index is 9.76. The normalized spacial score (nSPS) is 15.7. The van der Waals surface area contributed by atoms with Crippen molar-refractivity contribution in [3.05, 3.63) is 16.0 Å². The number of hydrogen-bond donors (Lipinski definition) is 4. The Morgan fingerprint density at radius 1 is 1.31 bits per heavy atom. The van der Waals surface area contributed by atoms with Crippen LogP contribution in [-0.4, -0.2) is 51.6 Å². The Morgan fingerprint density at radius 2 is 1.69 bits per heavy atom. The molecule has 0 bridgehead atoms. The first-order chi connectivity index (χ1) is 6.04. The lowest BCUT2D eigenvalue weighted by Gasteiger charge is -2.16. The van der Waals surface area contributed by atoms with Gasteiger partial charge in [-0.2, -0.15) is 0 Å². The van der Waals surface area contributed by atoms with Gasteiger partial charge in [0, 0.05) is 0 Å². The molecule has 4 N–H and O–H groups in total. The molecule has 0 saturated carbocycles. The van der Waals surface area contributed by atoms with Gasteiger partial charge in [-0.25, -0.2) is 0 Å². The summed E-state index contributed by atoms with van der Waals surface area (Å²) < 4.78 is 0. The summed E-state index contributed by atoms with van der Waals surface area (Å²) in [5, 5.41) is 34.1. The first-order valence-electron chi connectivity index (χ1n) is 3.13. The topological polar surface area (TPSA) is 157 Å². The predicted molar refractivity (Wildman–Crippen MR) is 41.2 cm³/mol. The molecule has 0 spiro atoms. The lowest BCUT2D eigenvalue weighted by molar-refractivity contribution is -0.127. The van der Waals surface area contributed by atoms with E-state index >= 15 is 0 Å². The largest absolute Gasteiger partial charge is 0.394 e. The number of carbonyl (C=O) groups is 1. The van der Waals surface area contributed by atoms with Crippen LogP contribution in [-0.2, 0) is 4.79 Å². The summed E-state index contributed by atoms with van der Waals surface area (Å²) in [6, 6.07) is 0. The van der Waals surface area contributed by atoms with Crippen LogP contribution in [0.25, 0.3) is 16.0 Å². The average Bonchev–Trinajstić information content (AvgIpc) is 2.15. The molecule has 0 unspecified atom stereocenters. The summed E-state index contributed by atoms with van der Waals surface area (Å²) in [7, 11) is 0. The molecule has 0 aliphatic carbocycles. The van der Waals surface area contributed by atoms with Crippen molar-refractivity contribution in [1.82, 2.24) is 0 Å². The van der Waals surface area contributed by atoms with E-state index in [-0.39, 0.29) is 6.29 Å². The number of carbonyl (C=O) groups excluding carboxylic acids is 1. The second kappa shape index (κ2) is 8.91. The van der Waals surface area contributed by atoms with Crippen molar-refractivity contribution in [2.75, 3.05) is 6.61 Å². The van der Waals surface area contributed by atoms with Crippen LogP contribution in [0, 0.1) is 0 Å². The van der Waals surface area contributed by atoms with E-state index in [1.165, 1.54) is 4.91 Å². The first-order valence-corrected chi connectivity index (χ1v) is 3.13. The lowest BCUT2D eigenvalue weighted by atomic mass is 10.1. The van der Waals surface area contributed by atoms with Gasteiger partial charge < -0.3 is 36.3 Å². The van der Waals surface area contributed by atoms with Crippen LogP contribution in [0.5, 0.6) is 0 Å². The fraction of sp³-hybridized carbons (Fsp3) is 0.800. The molecule has 8 nitrogen and oxygen atoms in total. The molecular weight excluding hydrogens is 182 g/mol. The van der Waals surface area contributed by atoms with E-state index in [2.05, 4.69) is 0 Å². The third kappa shape index (κ3) is 7.19. The third-order valence-electron chi connectivity index (χ3n) is 1.07.